The third kappa shape index (κ3) is 6.27. The van der Waals surface area contributed by atoms with Gasteiger partial charge in [-0.25, -0.2) is 0 Å². The van der Waals surface area contributed by atoms with Gasteiger partial charge in [0.15, 0.2) is 0 Å². The van der Waals surface area contributed by atoms with Gasteiger partial charge >= 0.3 is 14.8 Å². The van der Waals surface area contributed by atoms with Gasteiger partial charge in [-0.05, 0) is 26.0 Å². The van der Waals surface area contributed by atoms with E-state index in [0.717, 1.165) is 24.0 Å². The number of ether oxygens (including phenoxy) is 1. The van der Waals surface area contributed by atoms with Crippen LogP contribution in [0.4, 0.5) is 0 Å². The quantitative estimate of drug-likeness (QED) is 0.350. The van der Waals surface area contributed by atoms with Crippen LogP contribution in [-0.2, 0) is 22.8 Å². The van der Waals surface area contributed by atoms with Crippen LogP contribution < -0.4 is 0 Å². The molecule has 0 saturated carbocycles. The Morgan fingerprint density at radius 2 is 1.63 bits per heavy atom. The van der Waals surface area contributed by atoms with E-state index >= 15 is 0 Å². The molecule has 114 valence electrons. The molecule has 0 aromatic heterocycles. The molecule has 0 bridgehead atoms. The number of methoxy groups -OCH3 is 1. The molecule has 0 heterocycles. The largest absolute Gasteiger partial charge is 0.500 e. The van der Waals surface area contributed by atoms with Gasteiger partial charge in [-0.1, -0.05) is 0 Å². The number of hydrogen-bond acceptors (Lipinski definition) is 6. The molecule has 0 saturated heterocycles. The van der Waals surface area contributed by atoms with Crippen molar-refractivity contribution in [2.75, 3.05) is 39.9 Å². The second-order valence-electron chi connectivity index (χ2n) is 4.83. The molecule has 0 N–H and O–H groups in total. The molecule has 0 aliphatic carbocycles. The summed E-state index contributed by atoms with van der Waals surface area (Å²) in [4.78, 5) is 11.5. The Morgan fingerprint density at radius 3 is 2.05 bits per heavy atom. The Kier molecular flexibility index (Phi) is 8.92. The van der Waals surface area contributed by atoms with Gasteiger partial charge in [0, 0.05) is 33.1 Å². The highest BCUT2D eigenvalue weighted by Crippen LogP contribution is 2.25. The third-order valence-electron chi connectivity index (χ3n) is 2.91. The average molecular weight is 310 g/mol. The SMILES string of the molecule is COC(=O)C(C)(C)CSCCC[Si](OC)(OC)OC. The maximum atomic E-state index is 11.5. The second-order valence-corrected chi connectivity index (χ2v) is 9.02. The van der Waals surface area contributed by atoms with Crippen molar-refractivity contribution < 1.29 is 22.8 Å². The number of hydrogen-bond donors (Lipinski definition) is 0. The Morgan fingerprint density at radius 1 is 1.11 bits per heavy atom. The van der Waals surface area contributed by atoms with E-state index in [9.17, 15) is 4.79 Å². The van der Waals surface area contributed by atoms with Crippen LogP contribution in [-0.4, -0.2) is 54.7 Å². The van der Waals surface area contributed by atoms with Gasteiger partial charge in [0.05, 0.1) is 12.5 Å². The zero-order valence-corrected chi connectivity index (χ0v) is 14.6. The topological polar surface area (TPSA) is 54.0 Å². The van der Waals surface area contributed by atoms with Crippen molar-refractivity contribution in [3.8, 4) is 0 Å². The van der Waals surface area contributed by atoms with E-state index in [1.54, 1.807) is 33.1 Å². The van der Waals surface area contributed by atoms with Crippen LogP contribution in [0.15, 0.2) is 0 Å². The van der Waals surface area contributed by atoms with Crippen molar-refractivity contribution in [1.29, 1.82) is 0 Å². The minimum atomic E-state index is -2.45. The molecule has 0 aromatic carbocycles. The lowest BCUT2D eigenvalue weighted by atomic mass is 9.97. The van der Waals surface area contributed by atoms with Crippen molar-refractivity contribution in [3.63, 3.8) is 0 Å². The number of carbonyl (C=O) groups excluding carboxylic acids is 1. The van der Waals surface area contributed by atoms with Gasteiger partial charge in [0.2, 0.25) is 0 Å². The highest BCUT2D eigenvalue weighted by molar-refractivity contribution is 7.99. The number of carbonyl (C=O) groups is 1. The van der Waals surface area contributed by atoms with Gasteiger partial charge in [-0.2, -0.15) is 11.8 Å². The Bertz CT molecular complexity index is 261. The first-order valence-electron chi connectivity index (χ1n) is 6.19. The van der Waals surface area contributed by atoms with E-state index in [0.29, 0.717) is 0 Å². The van der Waals surface area contributed by atoms with Crippen LogP contribution in [0.2, 0.25) is 6.04 Å². The van der Waals surface area contributed by atoms with E-state index in [1.165, 1.54) is 7.11 Å². The first kappa shape index (κ1) is 18.9. The molecular formula is C12H26O5SSi. The highest BCUT2D eigenvalue weighted by Gasteiger charge is 2.37. The van der Waals surface area contributed by atoms with E-state index in [-0.39, 0.29) is 5.97 Å². The molecule has 0 amide bonds. The van der Waals surface area contributed by atoms with E-state index in [2.05, 4.69) is 0 Å². The standard InChI is InChI=1S/C12H26O5SSi/c1-12(2,11(13)14-3)10-18-8-7-9-19(15-4,16-5)17-6/h7-10H2,1-6H3. The van der Waals surface area contributed by atoms with Crippen LogP contribution in [0.3, 0.4) is 0 Å². The molecule has 0 radical (unpaired) electrons. The van der Waals surface area contributed by atoms with Gasteiger partial charge in [-0.3, -0.25) is 4.79 Å². The summed E-state index contributed by atoms with van der Waals surface area (Å²) in [5, 5.41) is 0. The van der Waals surface area contributed by atoms with Crippen molar-refractivity contribution >= 4 is 26.5 Å². The van der Waals surface area contributed by atoms with Crippen molar-refractivity contribution in [3.05, 3.63) is 0 Å². The molecule has 0 rings (SSSR count). The first-order valence-corrected chi connectivity index (χ1v) is 9.27. The van der Waals surface area contributed by atoms with Gasteiger partial charge < -0.3 is 18.0 Å². The van der Waals surface area contributed by atoms with E-state index < -0.39 is 14.2 Å². The minimum absolute atomic E-state index is 0.172. The molecule has 0 fully saturated rings. The van der Waals surface area contributed by atoms with Crippen molar-refractivity contribution in [2.24, 2.45) is 5.41 Å². The van der Waals surface area contributed by atoms with E-state index in [1.807, 2.05) is 13.8 Å². The van der Waals surface area contributed by atoms with Crippen molar-refractivity contribution in [2.45, 2.75) is 26.3 Å². The lowest BCUT2D eigenvalue weighted by Crippen LogP contribution is -2.42. The molecule has 0 atom stereocenters. The molecular weight excluding hydrogens is 284 g/mol. The summed E-state index contributed by atoms with van der Waals surface area (Å²) in [5.41, 5.74) is -0.447. The van der Waals surface area contributed by atoms with E-state index in [4.69, 9.17) is 18.0 Å². The van der Waals surface area contributed by atoms with Crippen LogP contribution in [0.25, 0.3) is 0 Å². The Labute approximate surface area is 121 Å². The zero-order chi connectivity index (χ0) is 14.9. The predicted octanol–water partition coefficient (Wildman–Crippen LogP) is 2.19. The zero-order valence-electron chi connectivity index (χ0n) is 12.8. The van der Waals surface area contributed by atoms with Crippen molar-refractivity contribution in [1.82, 2.24) is 0 Å². The fourth-order valence-electron chi connectivity index (χ4n) is 1.61. The fraction of sp³-hybridized carbons (Fsp3) is 0.917. The van der Waals surface area contributed by atoms with Gasteiger partial charge in [0.25, 0.3) is 0 Å². The van der Waals surface area contributed by atoms with Gasteiger partial charge in [0.1, 0.15) is 0 Å². The number of thioether (sulfide) groups is 1. The monoisotopic (exact) mass is 310 g/mol. The van der Waals surface area contributed by atoms with Crippen LogP contribution in [0.5, 0.6) is 0 Å². The second kappa shape index (κ2) is 8.96. The molecule has 0 aromatic rings. The minimum Gasteiger partial charge on any atom is -0.469 e. The Hall–Kier alpha value is -0.0831. The van der Waals surface area contributed by atoms with Crippen LogP contribution in [0, 0.1) is 5.41 Å². The molecule has 0 aliphatic rings. The normalized spacial score (nSPS) is 12.5. The average Bonchev–Trinajstić information content (AvgIpc) is 2.42. The smallest absolute Gasteiger partial charge is 0.469 e. The molecule has 0 aliphatic heterocycles. The lowest BCUT2D eigenvalue weighted by molar-refractivity contribution is -0.149. The molecule has 7 heteroatoms. The highest BCUT2D eigenvalue weighted by atomic mass is 32.2. The number of rotatable bonds is 10. The van der Waals surface area contributed by atoms with Gasteiger partial charge in [-0.15, -0.1) is 0 Å². The summed E-state index contributed by atoms with van der Waals surface area (Å²) in [6.07, 6.45) is 0.934. The van der Waals surface area contributed by atoms with Crippen LogP contribution >= 0.6 is 11.8 Å². The first-order chi connectivity index (χ1) is 8.87. The number of esters is 1. The summed E-state index contributed by atoms with van der Waals surface area (Å²) in [7, 11) is 3.83. The van der Waals surface area contributed by atoms with Crippen LogP contribution in [0.1, 0.15) is 20.3 Å². The maximum Gasteiger partial charge on any atom is 0.500 e. The molecule has 0 unspecified atom stereocenters. The predicted molar refractivity (Wildman–Crippen MR) is 79.3 cm³/mol. The Balaban J connectivity index is 3.96. The fourth-order valence-corrected chi connectivity index (χ4v) is 4.71. The summed E-state index contributed by atoms with van der Waals surface area (Å²) < 4.78 is 20.8. The third-order valence-corrected chi connectivity index (χ3v) is 7.24. The summed E-state index contributed by atoms with van der Waals surface area (Å²) in [6, 6.07) is 0.780. The summed E-state index contributed by atoms with van der Waals surface area (Å²) in [6.45, 7) is 3.79. The molecule has 19 heavy (non-hydrogen) atoms. The lowest BCUT2D eigenvalue weighted by Gasteiger charge is -2.24. The maximum absolute atomic E-state index is 11.5. The summed E-state index contributed by atoms with van der Waals surface area (Å²) in [5.74, 6) is 1.50. The molecule has 5 nitrogen and oxygen atoms in total. The summed E-state index contributed by atoms with van der Waals surface area (Å²) >= 11 is 1.73. The molecule has 0 spiro atoms.